The molecule has 0 fully saturated rings. The fourth-order valence-electron chi connectivity index (χ4n) is 1.79. The van der Waals surface area contributed by atoms with Gasteiger partial charge in [-0.15, -0.1) is 11.3 Å². The van der Waals surface area contributed by atoms with E-state index < -0.39 is 11.9 Å². The summed E-state index contributed by atoms with van der Waals surface area (Å²) in [5.74, 6) is -2.01. The minimum atomic E-state index is -1.26. The van der Waals surface area contributed by atoms with E-state index in [1.165, 1.54) is 0 Å². The SMILES string of the molecule is Cc1ccc(NC(=O)[C@H](C)c2nc(C)c(C(=O)[O-])s2)cc1. The van der Waals surface area contributed by atoms with Crippen LogP contribution in [-0.4, -0.2) is 16.9 Å². The van der Waals surface area contributed by atoms with E-state index in [4.69, 9.17) is 0 Å². The van der Waals surface area contributed by atoms with Crippen LogP contribution in [0.1, 0.15) is 38.8 Å². The molecule has 0 unspecified atom stereocenters. The van der Waals surface area contributed by atoms with Gasteiger partial charge < -0.3 is 15.2 Å². The van der Waals surface area contributed by atoms with Crippen molar-refractivity contribution in [1.82, 2.24) is 4.98 Å². The average Bonchev–Trinajstić information content (AvgIpc) is 2.82. The van der Waals surface area contributed by atoms with Crippen molar-refractivity contribution < 1.29 is 14.7 Å². The molecular formula is C15H15N2O3S-. The Morgan fingerprint density at radius 3 is 2.38 bits per heavy atom. The van der Waals surface area contributed by atoms with E-state index in [1.54, 1.807) is 13.8 Å². The molecule has 0 bridgehead atoms. The molecule has 0 aliphatic rings. The lowest BCUT2D eigenvalue weighted by Gasteiger charge is -2.10. The second-order valence-corrected chi connectivity index (χ2v) is 5.86. The molecule has 6 heteroatoms. The van der Waals surface area contributed by atoms with Gasteiger partial charge in [0.05, 0.1) is 22.5 Å². The fraction of sp³-hybridized carbons (Fsp3) is 0.267. The first kappa shape index (κ1) is 15.2. The molecule has 1 aromatic heterocycles. The minimum absolute atomic E-state index is 0.0694. The largest absolute Gasteiger partial charge is 0.544 e. The Balaban J connectivity index is 2.13. The van der Waals surface area contributed by atoms with E-state index in [9.17, 15) is 14.7 Å². The Hall–Kier alpha value is -2.21. The van der Waals surface area contributed by atoms with Gasteiger partial charge in [0.25, 0.3) is 0 Å². The molecule has 1 atom stereocenters. The molecule has 5 nitrogen and oxygen atoms in total. The lowest BCUT2D eigenvalue weighted by Crippen LogP contribution is -2.21. The molecule has 1 amide bonds. The van der Waals surface area contributed by atoms with Crippen LogP contribution in [0.5, 0.6) is 0 Å². The summed E-state index contributed by atoms with van der Waals surface area (Å²) in [7, 11) is 0. The van der Waals surface area contributed by atoms with E-state index in [0.29, 0.717) is 16.4 Å². The second kappa shape index (κ2) is 6.05. The van der Waals surface area contributed by atoms with Gasteiger partial charge in [-0.1, -0.05) is 17.7 Å². The zero-order valence-corrected chi connectivity index (χ0v) is 12.8. The predicted octanol–water partition coefficient (Wildman–Crippen LogP) is 1.87. The van der Waals surface area contributed by atoms with Crippen molar-refractivity contribution in [3.05, 3.63) is 45.4 Å². The highest BCUT2D eigenvalue weighted by atomic mass is 32.1. The Morgan fingerprint density at radius 1 is 1.24 bits per heavy atom. The number of carboxylic acid groups (broad SMARTS) is 1. The zero-order chi connectivity index (χ0) is 15.6. The molecule has 1 N–H and O–H groups in total. The lowest BCUT2D eigenvalue weighted by atomic mass is 10.1. The number of carboxylic acids is 1. The number of aryl methyl sites for hydroxylation is 2. The first-order valence-corrected chi connectivity index (χ1v) is 7.26. The molecule has 2 rings (SSSR count). The molecule has 1 heterocycles. The van der Waals surface area contributed by atoms with Gasteiger partial charge in [-0.05, 0) is 32.9 Å². The maximum Gasteiger partial charge on any atom is 0.234 e. The van der Waals surface area contributed by atoms with Gasteiger partial charge in [0.15, 0.2) is 0 Å². The monoisotopic (exact) mass is 303 g/mol. The third kappa shape index (κ3) is 3.46. The van der Waals surface area contributed by atoms with Crippen LogP contribution in [0.15, 0.2) is 24.3 Å². The number of carbonyl (C=O) groups is 2. The summed E-state index contributed by atoms with van der Waals surface area (Å²) in [6, 6.07) is 7.45. The summed E-state index contributed by atoms with van der Waals surface area (Å²) in [5, 5.41) is 14.2. The number of benzene rings is 1. The third-order valence-corrected chi connectivity index (χ3v) is 4.40. The number of anilines is 1. The number of hydrogen-bond donors (Lipinski definition) is 1. The van der Waals surface area contributed by atoms with Crippen LogP contribution in [0.3, 0.4) is 0 Å². The van der Waals surface area contributed by atoms with Crippen molar-refractivity contribution >= 4 is 28.9 Å². The van der Waals surface area contributed by atoms with E-state index in [1.807, 2.05) is 31.2 Å². The lowest BCUT2D eigenvalue weighted by molar-refractivity contribution is -0.254. The minimum Gasteiger partial charge on any atom is -0.544 e. The maximum absolute atomic E-state index is 12.2. The van der Waals surface area contributed by atoms with E-state index in [-0.39, 0.29) is 10.8 Å². The molecular weight excluding hydrogens is 288 g/mol. The molecule has 0 spiro atoms. The predicted molar refractivity (Wildman–Crippen MR) is 79.4 cm³/mol. The highest BCUT2D eigenvalue weighted by Crippen LogP contribution is 2.25. The first-order chi connectivity index (χ1) is 9.88. The van der Waals surface area contributed by atoms with Crippen LogP contribution in [0.25, 0.3) is 0 Å². The number of thiazole rings is 1. The van der Waals surface area contributed by atoms with Crippen LogP contribution in [0.2, 0.25) is 0 Å². The standard InChI is InChI=1S/C15H16N2O3S/c1-8-4-6-11(7-5-8)17-13(18)9(2)14-16-10(3)12(21-14)15(19)20/h4-7,9H,1-3H3,(H,17,18)(H,19,20)/p-1/t9-/m0/s1. The Morgan fingerprint density at radius 2 is 1.86 bits per heavy atom. The van der Waals surface area contributed by atoms with Gasteiger partial charge >= 0.3 is 0 Å². The number of aromatic nitrogens is 1. The average molecular weight is 303 g/mol. The normalized spacial score (nSPS) is 12.0. The summed E-state index contributed by atoms with van der Waals surface area (Å²) >= 11 is 0.983. The van der Waals surface area contributed by atoms with Crippen molar-refractivity contribution in [2.75, 3.05) is 5.32 Å². The molecule has 0 saturated heterocycles. The molecule has 21 heavy (non-hydrogen) atoms. The smallest absolute Gasteiger partial charge is 0.234 e. The van der Waals surface area contributed by atoms with Crippen molar-refractivity contribution in [3.8, 4) is 0 Å². The molecule has 110 valence electrons. The van der Waals surface area contributed by atoms with Gasteiger partial charge in [-0.2, -0.15) is 0 Å². The number of hydrogen-bond acceptors (Lipinski definition) is 5. The third-order valence-electron chi connectivity index (χ3n) is 3.08. The van der Waals surface area contributed by atoms with Crippen LogP contribution in [-0.2, 0) is 4.79 Å². The number of carbonyl (C=O) groups excluding carboxylic acids is 2. The first-order valence-electron chi connectivity index (χ1n) is 6.44. The second-order valence-electron chi connectivity index (χ2n) is 4.83. The summed E-state index contributed by atoms with van der Waals surface area (Å²) in [6.07, 6.45) is 0. The zero-order valence-electron chi connectivity index (χ0n) is 12.0. The number of nitrogens with zero attached hydrogens (tertiary/aromatic N) is 1. The highest BCUT2D eigenvalue weighted by molar-refractivity contribution is 7.13. The van der Waals surface area contributed by atoms with E-state index in [2.05, 4.69) is 10.3 Å². The number of rotatable bonds is 4. The molecule has 0 aliphatic heterocycles. The van der Waals surface area contributed by atoms with Crippen molar-refractivity contribution in [3.63, 3.8) is 0 Å². The Labute approximate surface area is 126 Å². The topological polar surface area (TPSA) is 82.1 Å². The highest BCUT2D eigenvalue weighted by Gasteiger charge is 2.21. The Kier molecular flexibility index (Phi) is 4.37. The van der Waals surface area contributed by atoms with Crippen LogP contribution < -0.4 is 10.4 Å². The van der Waals surface area contributed by atoms with Gasteiger partial charge in [0, 0.05) is 5.69 Å². The van der Waals surface area contributed by atoms with Crippen molar-refractivity contribution in [2.45, 2.75) is 26.7 Å². The summed E-state index contributed by atoms with van der Waals surface area (Å²) < 4.78 is 0. The quantitative estimate of drug-likeness (QED) is 0.934. The fourth-order valence-corrected chi connectivity index (χ4v) is 2.74. The van der Waals surface area contributed by atoms with Crippen LogP contribution in [0.4, 0.5) is 5.69 Å². The molecule has 0 aliphatic carbocycles. The molecule has 1 aromatic carbocycles. The number of amides is 1. The van der Waals surface area contributed by atoms with Crippen LogP contribution >= 0.6 is 11.3 Å². The maximum atomic E-state index is 12.2. The molecule has 2 aromatic rings. The van der Waals surface area contributed by atoms with E-state index >= 15 is 0 Å². The summed E-state index contributed by atoms with van der Waals surface area (Å²) in [4.78, 5) is 27.3. The van der Waals surface area contributed by atoms with Crippen LogP contribution in [0, 0.1) is 13.8 Å². The van der Waals surface area contributed by atoms with Crippen molar-refractivity contribution in [2.24, 2.45) is 0 Å². The van der Waals surface area contributed by atoms with Gasteiger partial charge in [-0.3, -0.25) is 4.79 Å². The summed E-state index contributed by atoms with van der Waals surface area (Å²) in [5.41, 5.74) is 2.19. The van der Waals surface area contributed by atoms with Crippen molar-refractivity contribution in [1.29, 1.82) is 0 Å². The van der Waals surface area contributed by atoms with Gasteiger partial charge in [-0.25, -0.2) is 4.98 Å². The molecule has 0 saturated carbocycles. The van der Waals surface area contributed by atoms with Gasteiger partial charge in [0.1, 0.15) is 5.01 Å². The Bertz CT molecular complexity index is 677. The summed E-state index contributed by atoms with van der Waals surface area (Å²) in [6.45, 7) is 5.25. The number of aromatic carboxylic acids is 1. The number of nitrogens with one attached hydrogen (secondary N) is 1. The van der Waals surface area contributed by atoms with Gasteiger partial charge in [0.2, 0.25) is 5.91 Å². The molecule has 0 radical (unpaired) electrons. The van der Waals surface area contributed by atoms with E-state index in [0.717, 1.165) is 16.9 Å².